The van der Waals surface area contributed by atoms with E-state index in [0.29, 0.717) is 0 Å². The van der Waals surface area contributed by atoms with Crippen LogP contribution in [0.5, 0.6) is 0 Å². The number of nitrogens with zero attached hydrogens (tertiary/aromatic N) is 3. The van der Waals surface area contributed by atoms with Crippen molar-refractivity contribution in [3.63, 3.8) is 0 Å². The highest BCUT2D eigenvalue weighted by atomic mass is 127. The quantitative estimate of drug-likeness (QED) is 0.392. The second-order valence-corrected chi connectivity index (χ2v) is 7.52. The monoisotopic (exact) mass is 480 g/mol. The number of aliphatic imine (C=N–C) groups is 1. The summed E-state index contributed by atoms with van der Waals surface area (Å²) in [4.78, 5) is 9.20. The van der Waals surface area contributed by atoms with Crippen LogP contribution in [-0.4, -0.2) is 75.6 Å². The van der Waals surface area contributed by atoms with Crippen molar-refractivity contribution in [2.24, 2.45) is 10.4 Å². The number of hydrogen-bond acceptors (Lipinski definition) is 5. The Balaban J connectivity index is 0.00000225. The lowest BCUT2D eigenvalue weighted by atomic mass is 9.81. The van der Waals surface area contributed by atoms with Gasteiger partial charge in [-0.1, -0.05) is 0 Å². The minimum atomic E-state index is -0.0764. The molecule has 1 aromatic heterocycles. The van der Waals surface area contributed by atoms with Gasteiger partial charge in [0.1, 0.15) is 0 Å². The van der Waals surface area contributed by atoms with E-state index in [9.17, 15) is 5.11 Å². The van der Waals surface area contributed by atoms with Crippen LogP contribution in [0.2, 0.25) is 0 Å². The van der Waals surface area contributed by atoms with Crippen LogP contribution >= 0.6 is 35.3 Å². The minimum Gasteiger partial charge on any atom is -0.396 e. The predicted molar refractivity (Wildman–Crippen MR) is 114 cm³/mol. The lowest BCUT2D eigenvalue weighted by molar-refractivity contribution is -0.0134. The molecule has 0 bridgehead atoms. The highest BCUT2D eigenvalue weighted by Crippen LogP contribution is 2.29. The second kappa shape index (κ2) is 9.94. The molecular formula is C17H29IN4O2S. The third kappa shape index (κ3) is 5.21. The predicted octanol–water partition coefficient (Wildman–Crippen LogP) is 1.85. The maximum Gasteiger partial charge on any atom is 0.193 e. The van der Waals surface area contributed by atoms with E-state index in [1.54, 1.807) is 11.3 Å². The number of hydrogen-bond donors (Lipinski definition) is 2. The molecule has 142 valence electrons. The summed E-state index contributed by atoms with van der Waals surface area (Å²) in [5.41, 5.74) is -0.0764. The van der Waals surface area contributed by atoms with E-state index < -0.39 is 0 Å². The molecule has 0 aromatic carbocycles. The van der Waals surface area contributed by atoms with Gasteiger partial charge in [0.2, 0.25) is 0 Å². The molecule has 2 N–H and O–H groups in total. The summed E-state index contributed by atoms with van der Waals surface area (Å²) in [7, 11) is 1.84. The van der Waals surface area contributed by atoms with Gasteiger partial charge in [-0.2, -0.15) is 0 Å². The number of ether oxygens (including phenoxy) is 1. The standard InChI is InChI=1S/C17H28N4O2S.HI/c1-18-16(19-13-17(14-22)4-10-23-11-5-17)21-8-6-20(7-9-21)15-3-2-12-24-15;/h2-3,12,22H,4-11,13-14H2,1H3,(H,18,19);1H. The molecule has 0 amide bonds. The van der Waals surface area contributed by atoms with Gasteiger partial charge in [-0.15, -0.1) is 35.3 Å². The summed E-state index contributed by atoms with van der Waals surface area (Å²) in [6, 6.07) is 4.29. The van der Waals surface area contributed by atoms with E-state index in [-0.39, 0.29) is 36.0 Å². The molecule has 2 fully saturated rings. The SMILES string of the molecule is CN=C(NCC1(CO)CCOCC1)N1CCN(c2cccs2)CC1.I. The number of piperazine rings is 1. The Morgan fingerprint density at radius 1 is 1.32 bits per heavy atom. The third-order valence-corrected chi connectivity index (χ3v) is 6.05. The number of nitrogens with one attached hydrogen (secondary N) is 1. The molecule has 2 aliphatic rings. The fourth-order valence-corrected chi connectivity index (χ4v) is 4.17. The molecule has 25 heavy (non-hydrogen) atoms. The zero-order valence-electron chi connectivity index (χ0n) is 14.8. The van der Waals surface area contributed by atoms with Crippen molar-refractivity contribution in [1.29, 1.82) is 0 Å². The first-order valence-electron chi connectivity index (χ1n) is 8.69. The molecule has 0 unspecified atom stereocenters. The zero-order chi connectivity index (χ0) is 16.8. The van der Waals surface area contributed by atoms with Gasteiger partial charge in [-0.25, -0.2) is 0 Å². The highest BCUT2D eigenvalue weighted by Gasteiger charge is 2.32. The lowest BCUT2D eigenvalue weighted by Gasteiger charge is -2.39. The Bertz CT molecular complexity index is 527. The van der Waals surface area contributed by atoms with Crippen LogP contribution in [0.4, 0.5) is 5.00 Å². The van der Waals surface area contributed by atoms with Crippen molar-refractivity contribution >= 4 is 46.3 Å². The maximum atomic E-state index is 9.82. The summed E-state index contributed by atoms with van der Waals surface area (Å²) < 4.78 is 5.44. The average Bonchev–Trinajstić information content (AvgIpc) is 3.18. The number of halogens is 1. The number of aliphatic hydroxyl groups excluding tert-OH is 1. The molecule has 0 spiro atoms. The molecule has 8 heteroatoms. The van der Waals surface area contributed by atoms with Crippen molar-refractivity contribution in [3.8, 4) is 0 Å². The molecular weight excluding hydrogens is 451 g/mol. The molecule has 0 atom stereocenters. The van der Waals surface area contributed by atoms with Crippen molar-refractivity contribution in [2.75, 3.05) is 64.5 Å². The van der Waals surface area contributed by atoms with Crippen LogP contribution in [0.15, 0.2) is 22.5 Å². The van der Waals surface area contributed by atoms with Crippen LogP contribution in [0.25, 0.3) is 0 Å². The number of thiophene rings is 1. The van der Waals surface area contributed by atoms with Gasteiger partial charge in [0.05, 0.1) is 11.6 Å². The van der Waals surface area contributed by atoms with Crippen LogP contribution in [-0.2, 0) is 4.74 Å². The average molecular weight is 480 g/mol. The van der Waals surface area contributed by atoms with E-state index >= 15 is 0 Å². The maximum absolute atomic E-state index is 9.82. The van der Waals surface area contributed by atoms with E-state index in [1.807, 2.05) is 7.05 Å². The van der Waals surface area contributed by atoms with Crippen LogP contribution in [0.1, 0.15) is 12.8 Å². The van der Waals surface area contributed by atoms with E-state index in [4.69, 9.17) is 4.74 Å². The molecule has 3 rings (SSSR count). The Kier molecular flexibility index (Phi) is 8.24. The molecule has 0 aliphatic carbocycles. The molecule has 6 nitrogen and oxygen atoms in total. The Hall–Kier alpha value is -0.580. The van der Waals surface area contributed by atoms with E-state index in [0.717, 1.165) is 64.7 Å². The van der Waals surface area contributed by atoms with Gasteiger partial charge in [0.15, 0.2) is 5.96 Å². The largest absolute Gasteiger partial charge is 0.396 e. The van der Waals surface area contributed by atoms with Gasteiger partial charge in [0, 0.05) is 58.4 Å². The summed E-state index contributed by atoms with van der Waals surface area (Å²) in [6.45, 7) is 6.39. The van der Waals surface area contributed by atoms with Gasteiger partial charge in [0.25, 0.3) is 0 Å². The molecule has 1 aromatic rings. The minimum absolute atomic E-state index is 0. The summed E-state index contributed by atoms with van der Waals surface area (Å²) in [5.74, 6) is 0.945. The van der Waals surface area contributed by atoms with Crippen LogP contribution in [0.3, 0.4) is 0 Å². The first-order valence-corrected chi connectivity index (χ1v) is 9.57. The molecule has 2 aliphatic heterocycles. The van der Waals surface area contributed by atoms with Gasteiger partial charge < -0.3 is 25.0 Å². The molecule has 0 radical (unpaired) electrons. The second-order valence-electron chi connectivity index (χ2n) is 6.60. The first-order chi connectivity index (χ1) is 11.8. The molecule has 0 saturated carbocycles. The van der Waals surface area contributed by atoms with Crippen molar-refractivity contribution < 1.29 is 9.84 Å². The molecule has 3 heterocycles. The number of anilines is 1. The zero-order valence-corrected chi connectivity index (χ0v) is 18.0. The highest BCUT2D eigenvalue weighted by molar-refractivity contribution is 14.0. The Morgan fingerprint density at radius 2 is 2.04 bits per heavy atom. The third-order valence-electron chi connectivity index (χ3n) is 5.12. The Morgan fingerprint density at radius 3 is 2.60 bits per heavy atom. The van der Waals surface area contributed by atoms with Gasteiger partial charge in [-0.3, -0.25) is 4.99 Å². The topological polar surface area (TPSA) is 60.3 Å². The van der Waals surface area contributed by atoms with Crippen molar-refractivity contribution in [3.05, 3.63) is 17.5 Å². The smallest absolute Gasteiger partial charge is 0.193 e. The Labute approximate surface area is 171 Å². The van der Waals surface area contributed by atoms with E-state index in [1.165, 1.54) is 5.00 Å². The van der Waals surface area contributed by atoms with Crippen LogP contribution < -0.4 is 10.2 Å². The lowest BCUT2D eigenvalue weighted by Crippen LogP contribution is -2.54. The first kappa shape index (κ1) is 20.7. The van der Waals surface area contributed by atoms with Crippen LogP contribution in [0, 0.1) is 5.41 Å². The van der Waals surface area contributed by atoms with Crippen molar-refractivity contribution in [1.82, 2.24) is 10.2 Å². The number of aliphatic hydroxyl groups is 1. The molecule has 2 saturated heterocycles. The van der Waals surface area contributed by atoms with Gasteiger partial charge in [-0.05, 0) is 30.4 Å². The fraction of sp³-hybridized carbons (Fsp3) is 0.706. The summed E-state index contributed by atoms with van der Waals surface area (Å²) >= 11 is 1.80. The van der Waals surface area contributed by atoms with Gasteiger partial charge >= 0.3 is 0 Å². The normalized spacial score (nSPS) is 21.0. The fourth-order valence-electron chi connectivity index (χ4n) is 3.38. The number of guanidine groups is 1. The number of rotatable bonds is 4. The summed E-state index contributed by atoms with van der Waals surface area (Å²) in [6.07, 6.45) is 1.80. The van der Waals surface area contributed by atoms with E-state index in [2.05, 4.69) is 37.6 Å². The van der Waals surface area contributed by atoms with Crippen molar-refractivity contribution in [2.45, 2.75) is 12.8 Å². The summed E-state index contributed by atoms with van der Waals surface area (Å²) in [5, 5.41) is 16.8.